The molecule has 0 heterocycles. The number of nitrogens with one attached hydrogen (secondary N) is 1. The van der Waals surface area contributed by atoms with Gasteiger partial charge in [0.1, 0.15) is 0 Å². The second-order valence-corrected chi connectivity index (χ2v) is 4.85. The first-order chi connectivity index (χ1) is 10.1. The van der Waals surface area contributed by atoms with Gasteiger partial charge in [0.25, 0.3) is 0 Å². The summed E-state index contributed by atoms with van der Waals surface area (Å²) in [7, 11) is 1.41. The Labute approximate surface area is 123 Å². The molecule has 0 spiro atoms. The number of ether oxygens (including phenoxy) is 1. The molecule has 0 aliphatic rings. The van der Waals surface area contributed by atoms with Gasteiger partial charge in [-0.3, -0.25) is 4.79 Å². The van der Waals surface area contributed by atoms with Gasteiger partial charge in [-0.1, -0.05) is 36.4 Å². The Balaban J connectivity index is 1.97. The van der Waals surface area contributed by atoms with Gasteiger partial charge in [0, 0.05) is 0 Å². The zero-order valence-corrected chi connectivity index (χ0v) is 12.1. The van der Waals surface area contributed by atoms with Crippen molar-refractivity contribution in [3.8, 4) is 5.75 Å². The topological polar surface area (TPSA) is 38.3 Å². The van der Waals surface area contributed by atoms with Crippen LogP contribution in [0.3, 0.4) is 0 Å². The average Bonchev–Trinajstić information content (AvgIpc) is 2.48. The number of carbonyl (C=O) groups is 1. The van der Waals surface area contributed by atoms with Crippen molar-refractivity contribution in [1.29, 1.82) is 0 Å². The third kappa shape index (κ3) is 4.05. The van der Waals surface area contributed by atoms with Crippen molar-refractivity contribution in [3.05, 3.63) is 65.5 Å². The minimum atomic E-state index is -0.459. The molecule has 2 rings (SSSR count). The summed E-state index contributed by atoms with van der Waals surface area (Å²) in [5.41, 5.74) is 1.65. The van der Waals surface area contributed by atoms with Crippen molar-refractivity contribution in [2.75, 3.05) is 7.11 Å². The molecule has 0 bridgehead atoms. The molecule has 0 unspecified atom stereocenters. The zero-order valence-electron chi connectivity index (χ0n) is 12.1. The maximum atomic E-state index is 13.6. The number of benzene rings is 2. The number of rotatable bonds is 5. The van der Waals surface area contributed by atoms with Crippen LogP contribution in [-0.4, -0.2) is 13.0 Å². The standard InChI is InChI=1S/C17H18FNO2/c1-12(14-6-4-3-5-7-14)19-17(20)11-13-8-9-16(21-2)15(18)10-13/h3-10,12H,11H2,1-2H3,(H,19,20)/t12-/m0/s1. The lowest BCUT2D eigenvalue weighted by molar-refractivity contribution is -0.121. The SMILES string of the molecule is COc1ccc(CC(=O)N[C@@H](C)c2ccccc2)cc1F. The molecule has 4 heteroatoms. The van der Waals surface area contributed by atoms with Crippen molar-refractivity contribution in [3.63, 3.8) is 0 Å². The highest BCUT2D eigenvalue weighted by molar-refractivity contribution is 5.79. The van der Waals surface area contributed by atoms with Crippen LogP contribution in [0.4, 0.5) is 4.39 Å². The highest BCUT2D eigenvalue weighted by atomic mass is 19.1. The summed E-state index contributed by atoms with van der Waals surface area (Å²) in [6.07, 6.45) is 0.137. The summed E-state index contributed by atoms with van der Waals surface area (Å²) in [4.78, 5) is 12.0. The van der Waals surface area contributed by atoms with Crippen LogP contribution < -0.4 is 10.1 Å². The van der Waals surface area contributed by atoms with Gasteiger partial charge in [0.05, 0.1) is 19.6 Å². The lowest BCUT2D eigenvalue weighted by atomic mass is 10.1. The van der Waals surface area contributed by atoms with Crippen LogP contribution in [0.2, 0.25) is 0 Å². The Morgan fingerprint density at radius 1 is 1.24 bits per heavy atom. The first-order valence-electron chi connectivity index (χ1n) is 6.77. The number of hydrogen-bond donors (Lipinski definition) is 1. The molecular formula is C17H18FNO2. The molecule has 0 aliphatic carbocycles. The molecule has 2 aromatic rings. The van der Waals surface area contributed by atoms with Gasteiger partial charge in [-0.2, -0.15) is 0 Å². The number of methoxy groups -OCH3 is 1. The predicted molar refractivity (Wildman–Crippen MR) is 79.7 cm³/mol. The van der Waals surface area contributed by atoms with E-state index in [0.717, 1.165) is 5.56 Å². The molecule has 0 saturated carbocycles. The minimum absolute atomic E-state index is 0.0817. The van der Waals surface area contributed by atoms with E-state index in [1.54, 1.807) is 6.07 Å². The Hall–Kier alpha value is -2.36. The fourth-order valence-electron chi connectivity index (χ4n) is 2.12. The maximum absolute atomic E-state index is 13.6. The molecule has 3 nitrogen and oxygen atoms in total. The molecule has 0 saturated heterocycles. The molecule has 0 aliphatic heterocycles. The number of hydrogen-bond acceptors (Lipinski definition) is 2. The molecule has 0 radical (unpaired) electrons. The molecule has 2 aromatic carbocycles. The number of carbonyl (C=O) groups excluding carboxylic acids is 1. The van der Waals surface area contributed by atoms with Gasteiger partial charge in [0.2, 0.25) is 5.91 Å². The third-order valence-electron chi connectivity index (χ3n) is 3.26. The highest BCUT2D eigenvalue weighted by Crippen LogP contribution is 2.18. The highest BCUT2D eigenvalue weighted by Gasteiger charge is 2.11. The van der Waals surface area contributed by atoms with E-state index in [2.05, 4.69) is 5.32 Å². The first-order valence-corrected chi connectivity index (χ1v) is 6.77. The van der Waals surface area contributed by atoms with E-state index in [-0.39, 0.29) is 24.1 Å². The normalized spacial score (nSPS) is 11.8. The molecule has 1 atom stereocenters. The molecule has 110 valence electrons. The van der Waals surface area contributed by atoms with Crippen LogP contribution in [0.1, 0.15) is 24.1 Å². The minimum Gasteiger partial charge on any atom is -0.494 e. The van der Waals surface area contributed by atoms with Crippen molar-refractivity contribution in [1.82, 2.24) is 5.32 Å². The summed E-state index contributed by atoms with van der Waals surface area (Å²) >= 11 is 0. The molecule has 1 N–H and O–H groups in total. The quantitative estimate of drug-likeness (QED) is 0.916. The van der Waals surface area contributed by atoms with Crippen molar-refractivity contribution < 1.29 is 13.9 Å². The lowest BCUT2D eigenvalue weighted by Crippen LogP contribution is -2.28. The monoisotopic (exact) mass is 287 g/mol. The van der Waals surface area contributed by atoms with E-state index in [1.807, 2.05) is 37.3 Å². The van der Waals surface area contributed by atoms with E-state index in [4.69, 9.17) is 4.74 Å². The van der Waals surface area contributed by atoms with Gasteiger partial charge < -0.3 is 10.1 Å². The second kappa shape index (κ2) is 6.88. The third-order valence-corrected chi connectivity index (χ3v) is 3.26. The largest absolute Gasteiger partial charge is 0.494 e. The smallest absolute Gasteiger partial charge is 0.224 e. The Kier molecular flexibility index (Phi) is 4.93. The summed E-state index contributed by atoms with van der Waals surface area (Å²) in [6.45, 7) is 1.92. The van der Waals surface area contributed by atoms with Crippen LogP contribution >= 0.6 is 0 Å². The Morgan fingerprint density at radius 2 is 1.95 bits per heavy atom. The Morgan fingerprint density at radius 3 is 2.57 bits per heavy atom. The second-order valence-electron chi connectivity index (χ2n) is 4.85. The zero-order chi connectivity index (χ0) is 15.2. The summed E-state index contributed by atoms with van der Waals surface area (Å²) < 4.78 is 18.4. The average molecular weight is 287 g/mol. The summed E-state index contributed by atoms with van der Waals surface area (Å²) in [5.74, 6) is -0.424. The van der Waals surface area contributed by atoms with Crippen LogP contribution in [0.15, 0.2) is 48.5 Å². The summed E-state index contributed by atoms with van der Waals surface area (Å²) in [5, 5.41) is 2.90. The molecule has 0 aromatic heterocycles. The van der Waals surface area contributed by atoms with Crippen molar-refractivity contribution in [2.45, 2.75) is 19.4 Å². The van der Waals surface area contributed by atoms with Gasteiger partial charge in [-0.25, -0.2) is 4.39 Å². The lowest BCUT2D eigenvalue weighted by Gasteiger charge is -2.14. The summed E-state index contributed by atoms with van der Waals surface area (Å²) in [6, 6.07) is 14.2. The van der Waals surface area contributed by atoms with Crippen LogP contribution in [0.5, 0.6) is 5.75 Å². The number of halogens is 1. The van der Waals surface area contributed by atoms with Gasteiger partial charge in [-0.15, -0.1) is 0 Å². The van der Waals surface area contributed by atoms with Crippen molar-refractivity contribution in [2.24, 2.45) is 0 Å². The fraction of sp³-hybridized carbons (Fsp3) is 0.235. The van der Waals surface area contributed by atoms with E-state index in [1.165, 1.54) is 19.2 Å². The van der Waals surface area contributed by atoms with Crippen LogP contribution in [-0.2, 0) is 11.2 Å². The van der Waals surface area contributed by atoms with E-state index >= 15 is 0 Å². The molecule has 1 amide bonds. The van der Waals surface area contributed by atoms with Gasteiger partial charge in [0.15, 0.2) is 11.6 Å². The van der Waals surface area contributed by atoms with Gasteiger partial charge in [-0.05, 0) is 30.2 Å². The van der Waals surface area contributed by atoms with E-state index < -0.39 is 5.82 Å². The molecule has 21 heavy (non-hydrogen) atoms. The fourth-order valence-corrected chi connectivity index (χ4v) is 2.12. The van der Waals surface area contributed by atoms with Crippen LogP contribution in [0, 0.1) is 5.82 Å². The molecule has 0 fully saturated rings. The first kappa shape index (κ1) is 15.0. The number of amides is 1. The van der Waals surface area contributed by atoms with Gasteiger partial charge >= 0.3 is 0 Å². The maximum Gasteiger partial charge on any atom is 0.224 e. The van der Waals surface area contributed by atoms with E-state index in [0.29, 0.717) is 5.56 Å². The molecular weight excluding hydrogens is 269 g/mol. The van der Waals surface area contributed by atoms with E-state index in [9.17, 15) is 9.18 Å². The van der Waals surface area contributed by atoms with Crippen molar-refractivity contribution >= 4 is 5.91 Å². The predicted octanol–water partition coefficient (Wildman–Crippen LogP) is 3.25. The van der Waals surface area contributed by atoms with Crippen LogP contribution in [0.25, 0.3) is 0 Å². The Bertz CT molecular complexity index is 613.